The Bertz CT molecular complexity index is 1230. The molecule has 0 bridgehead atoms. The summed E-state index contributed by atoms with van der Waals surface area (Å²) in [5.74, 6) is 2.51. The second-order valence-electron chi connectivity index (χ2n) is 7.02. The minimum atomic E-state index is -1.19. The summed E-state index contributed by atoms with van der Waals surface area (Å²) in [7, 11) is 0. The Balaban J connectivity index is 1.36. The van der Waals surface area contributed by atoms with E-state index in [-0.39, 0.29) is 24.6 Å². The van der Waals surface area contributed by atoms with Crippen LogP contribution in [0.4, 0.5) is 19.3 Å². The minimum Gasteiger partial charge on any atom is -0.449 e. The number of ether oxygens (including phenoxy) is 1. The van der Waals surface area contributed by atoms with Gasteiger partial charge in [0, 0.05) is 5.92 Å². The van der Waals surface area contributed by atoms with Crippen LogP contribution in [0.15, 0.2) is 60.7 Å². The van der Waals surface area contributed by atoms with Crippen molar-refractivity contribution in [3.05, 3.63) is 99.1 Å². The smallest absolute Gasteiger partial charge is 0.407 e. The maximum Gasteiger partial charge on any atom is 0.407 e. The van der Waals surface area contributed by atoms with Crippen molar-refractivity contribution in [1.29, 1.82) is 0 Å². The van der Waals surface area contributed by atoms with Gasteiger partial charge in [-0.05, 0) is 28.3 Å². The number of halogens is 2. The molecule has 0 heterocycles. The van der Waals surface area contributed by atoms with Crippen LogP contribution < -0.4 is 5.32 Å². The predicted molar refractivity (Wildman–Crippen MR) is 113 cm³/mol. The highest BCUT2D eigenvalue weighted by molar-refractivity contribution is 5.79. The molecular formula is C24H16F2N2O4. The molecule has 0 atom stereocenters. The van der Waals surface area contributed by atoms with Crippen LogP contribution in [0, 0.1) is 33.6 Å². The highest BCUT2D eigenvalue weighted by Gasteiger charge is 2.28. The van der Waals surface area contributed by atoms with Crippen LogP contribution in [0.3, 0.4) is 0 Å². The average Bonchev–Trinajstić information content (AvgIpc) is 3.11. The van der Waals surface area contributed by atoms with E-state index in [1.807, 2.05) is 48.5 Å². The van der Waals surface area contributed by atoms with Gasteiger partial charge in [0.15, 0.2) is 0 Å². The zero-order chi connectivity index (χ0) is 22.7. The van der Waals surface area contributed by atoms with Crippen molar-refractivity contribution in [3.63, 3.8) is 0 Å². The molecule has 1 amide bonds. The number of nitro benzene ring substituents is 1. The van der Waals surface area contributed by atoms with Crippen LogP contribution >= 0.6 is 0 Å². The van der Waals surface area contributed by atoms with Gasteiger partial charge in [0.25, 0.3) is 0 Å². The molecule has 0 aromatic heterocycles. The van der Waals surface area contributed by atoms with Crippen molar-refractivity contribution in [2.75, 3.05) is 13.2 Å². The lowest BCUT2D eigenvalue weighted by Crippen LogP contribution is -2.26. The molecule has 6 nitrogen and oxygen atoms in total. The molecule has 8 heteroatoms. The Morgan fingerprint density at radius 1 is 1.03 bits per heavy atom. The summed E-state index contributed by atoms with van der Waals surface area (Å²) in [6.07, 6.45) is -0.698. The first-order chi connectivity index (χ1) is 15.5. The number of nitrogens with zero attached hydrogens (tertiary/aromatic N) is 1. The quantitative estimate of drug-likeness (QED) is 0.365. The second-order valence-corrected chi connectivity index (χ2v) is 7.02. The van der Waals surface area contributed by atoms with Crippen molar-refractivity contribution in [1.82, 2.24) is 5.32 Å². The number of carbonyl (C=O) groups excluding carboxylic acids is 1. The molecule has 32 heavy (non-hydrogen) atoms. The van der Waals surface area contributed by atoms with Gasteiger partial charge in [-0.2, -0.15) is 4.39 Å². The minimum absolute atomic E-state index is 0.0867. The molecule has 0 spiro atoms. The van der Waals surface area contributed by atoms with E-state index >= 15 is 0 Å². The van der Waals surface area contributed by atoms with Gasteiger partial charge in [-0.3, -0.25) is 10.1 Å². The fourth-order valence-electron chi connectivity index (χ4n) is 3.68. The largest absolute Gasteiger partial charge is 0.449 e. The van der Waals surface area contributed by atoms with Gasteiger partial charge in [0.1, 0.15) is 12.4 Å². The molecule has 1 aliphatic rings. The fourth-order valence-corrected chi connectivity index (χ4v) is 3.68. The van der Waals surface area contributed by atoms with E-state index in [0.29, 0.717) is 12.1 Å². The number of hydrogen-bond acceptors (Lipinski definition) is 4. The summed E-state index contributed by atoms with van der Waals surface area (Å²) >= 11 is 0. The Hall–Kier alpha value is -4.25. The normalized spacial score (nSPS) is 11.7. The lowest BCUT2D eigenvalue weighted by molar-refractivity contribution is -0.387. The molecule has 0 saturated heterocycles. The van der Waals surface area contributed by atoms with Crippen LogP contribution in [-0.4, -0.2) is 24.2 Å². The number of carbonyl (C=O) groups is 1. The molecule has 0 saturated carbocycles. The van der Waals surface area contributed by atoms with Crippen LogP contribution in [0.2, 0.25) is 0 Å². The van der Waals surface area contributed by atoms with Crippen molar-refractivity contribution >= 4 is 11.8 Å². The van der Waals surface area contributed by atoms with Gasteiger partial charge in [-0.15, -0.1) is 0 Å². The van der Waals surface area contributed by atoms with Crippen LogP contribution in [-0.2, 0) is 4.74 Å². The third-order valence-electron chi connectivity index (χ3n) is 5.12. The van der Waals surface area contributed by atoms with Gasteiger partial charge >= 0.3 is 11.8 Å². The van der Waals surface area contributed by atoms with Gasteiger partial charge < -0.3 is 10.1 Å². The van der Waals surface area contributed by atoms with E-state index < -0.39 is 28.3 Å². The maximum absolute atomic E-state index is 13.8. The van der Waals surface area contributed by atoms with E-state index in [1.54, 1.807) is 0 Å². The van der Waals surface area contributed by atoms with Gasteiger partial charge in [0.2, 0.25) is 5.82 Å². The Morgan fingerprint density at radius 2 is 1.66 bits per heavy atom. The Labute approximate surface area is 182 Å². The van der Waals surface area contributed by atoms with E-state index in [1.165, 1.54) is 0 Å². The third kappa shape index (κ3) is 4.14. The van der Waals surface area contributed by atoms with Gasteiger partial charge in [-0.1, -0.05) is 60.4 Å². The summed E-state index contributed by atoms with van der Waals surface area (Å²) in [5.41, 5.74) is 3.07. The molecule has 0 fully saturated rings. The molecular weight excluding hydrogens is 418 g/mol. The van der Waals surface area contributed by atoms with Crippen molar-refractivity contribution in [2.45, 2.75) is 5.92 Å². The number of nitro groups is 1. The lowest BCUT2D eigenvalue weighted by atomic mass is 9.98. The van der Waals surface area contributed by atoms with E-state index in [9.17, 15) is 23.7 Å². The van der Waals surface area contributed by atoms with E-state index in [0.717, 1.165) is 22.3 Å². The van der Waals surface area contributed by atoms with E-state index in [2.05, 4.69) is 17.2 Å². The summed E-state index contributed by atoms with van der Waals surface area (Å²) in [5, 5.41) is 13.0. The first-order valence-electron chi connectivity index (χ1n) is 9.67. The number of benzene rings is 3. The third-order valence-corrected chi connectivity index (χ3v) is 5.12. The lowest BCUT2D eigenvalue weighted by Gasteiger charge is -2.14. The maximum atomic E-state index is 13.8. The number of amides is 1. The Kier molecular flexibility index (Phi) is 5.81. The summed E-state index contributed by atoms with van der Waals surface area (Å²) in [6, 6.07) is 17.0. The first-order valence-corrected chi connectivity index (χ1v) is 9.67. The van der Waals surface area contributed by atoms with Gasteiger partial charge in [-0.25, -0.2) is 9.18 Å². The number of alkyl carbamates (subject to hydrolysis) is 1. The summed E-state index contributed by atoms with van der Waals surface area (Å²) in [4.78, 5) is 21.7. The molecule has 1 aliphatic carbocycles. The molecule has 0 radical (unpaired) electrons. The van der Waals surface area contributed by atoms with E-state index in [4.69, 9.17) is 4.74 Å². The molecule has 3 aromatic carbocycles. The predicted octanol–water partition coefficient (Wildman–Crippen LogP) is 4.76. The fraction of sp³-hybridized carbons (Fsp3) is 0.125. The standard InChI is InChI=1S/C24H16F2N2O4/c25-21-13-23(28(30)31)22(26)12-15(21)6-5-11-27-24(29)32-14-20-18-9-3-1-7-16(18)17-8-2-4-10-19(17)20/h1-4,7-10,12-13,20H,11,14H2,(H,27,29). The number of hydrogen-bond donors (Lipinski definition) is 1. The molecule has 160 valence electrons. The van der Waals surface area contributed by atoms with Crippen molar-refractivity contribution in [3.8, 4) is 23.0 Å². The molecule has 3 aromatic rings. The Morgan fingerprint density at radius 3 is 2.28 bits per heavy atom. The zero-order valence-electron chi connectivity index (χ0n) is 16.6. The van der Waals surface area contributed by atoms with Crippen LogP contribution in [0.25, 0.3) is 11.1 Å². The number of fused-ring (bicyclic) bond motifs is 3. The topological polar surface area (TPSA) is 81.5 Å². The van der Waals surface area contributed by atoms with Crippen molar-refractivity contribution in [2.24, 2.45) is 0 Å². The molecule has 0 aliphatic heterocycles. The molecule has 1 N–H and O–H groups in total. The SMILES string of the molecule is O=C(NCC#Cc1cc(F)c([N+](=O)[O-])cc1F)OCC1c2ccccc2-c2ccccc21. The van der Waals surface area contributed by atoms with Crippen LogP contribution in [0.5, 0.6) is 0 Å². The summed E-state index contributed by atoms with van der Waals surface area (Å²) < 4.78 is 32.8. The molecule has 0 unspecified atom stereocenters. The highest BCUT2D eigenvalue weighted by atomic mass is 19.1. The summed E-state index contributed by atoms with van der Waals surface area (Å²) in [6.45, 7) is -0.0375. The first kappa shape index (κ1) is 21.0. The van der Waals surface area contributed by atoms with Crippen molar-refractivity contribution < 1.29 is 23.2 Å². The van der Waals surface area contributed by atoms with Gasteiger partial charge in [0.05, 0.1) is 23.1 Å². The monoisotopic (exact) mass is 434 g/mol. The highest BCUT2D eigenvalue weighted by Crippen LogP contribution is 2.44. The second kappa shape index (κ2) is 8.86. The zero-order valence-corrected chi connectivity index (χ0v) is 16.6. The number of nitrogens with one attached hydrogen (secondary N) is 1. The molecule has 4 rings (SSSR count). The average molecular weight is 434 g/mol. The van der Waals surface area contributed by atoms with Crippen LogP contribution in [0.1, 0.15) is 22.6 Å². The number of rotatable bonds is 4.